The molecule has 1 aromatic heterocycles. The number of rotatable bonds is 7. The average molecular weight is 447 g/mol. The number of nitrogens with zero attached hydrogens (tertiary/aromatic N) is 1. The second-order valence-corrected chi connectivity index (χ2v) is 8.52. The molecule has 1 N–H and O–H groups in total. The predicted octanol–water partition coefficient (Wildman–Crippen LogP) is 4.24. The quantitative estimate of drug-likeness (QED) is 0.550. The van der Waals surface area contributed by atoms with Crippen LogP contribution in [0.5, 0.6) is 0 Å². The molecule has 3 aromatic rings. The van der Waals surface area contributed by atoms with Gasteiger partial charge in [0, 0.05) is 30.8 Å². The van der Waals surface area contributed by atoms with E-state index in [9.17, 15) is 9.59 Å². The standard InChI is InChI=1S/C27H30N2O4/c1-18-8-9-19(2)23(16-18)26(30)21-6-4-5-7-22(21)27(31)28-17-24(25-11-10-20(3)33-25)29-12-14-32-15-13-29/h4-11,16,24H,12-15,17H2,1-3H3,(H,28,31). The van der Waals surface area contributed by atoms with Gasteiger partial charge in [-0.15, -0.1) is 0 Å². The van der Waals surface area contributed by atoms with E-state index < -0.39 is 0 Å². The van der Waals surface area contributed by atoms with Crippen LogP contribution < -0.4 is 5.32 Å². The van der Waals surface area contributed by atoms with Gasteiger partial charge < -0.3 is 14.5 Å². The summed E-state index contributed by atoms with van der Waals surface area (Å²) in [5, 5.41) is 3.04. The Morgan fingerprint density at radius 3 is 2.36 bits per heavy atom. The lowest BCUT2D eigenvalue weighted by molar-refractivity contribution is 0.0117. The Labute approximate surface area is 194 Å². The summed E-state index contributed by atoms with van der Waals surface area (Å²) in [5.74, 6) is 1.23. The van der Waals surface area contributed by atoms with Crippen molar-refractivity contribution in [3.8, 4) is 0 Å². The summed E-state index contributed by atoms with van der Waals surface area (Å²) in [6, 6.07) is 16.6. The number of morpholine rings is 1. The Morgan fingerprint density at radius 1 is 0.939 bits per heavy atom. The largest absolute Gasteiger partial charge is 0.465 e. The molecule has 0 aliphatic carbocycles. The maximum absolute atomic E-state index is 13.3. The topological polar surface area (TPSA) is 71.8 Å². The van der Waals surface area contributed by atoms with Crippen molar-refractivity contribution in [1.29, 1.82) is 0 Å². The molecule has 1 saturated heterocycles. The zero-order valence-corrected chi connectivity index (χ0v) is 19.4. The van der Waals surface area contributed by atoms with E-state index in [0.29, 0.717) is 36.4 Å². The molecule has 33 heavy (non-hydrogen) atoms. The highest BCUT2D eigenvalue weighted by molar-refractivity contribution is 6.15. The first-order chi connectivity index (χ1) is 15.9. The third-order valence-corrected chi connectivity index (χ3v) is 6.09. The molecule has 6 heteroatoms. The fourth-order valence-corrected chi connectivity index (χ4v) is 4.22. The Bertz CT molecular complexity index is 1140. The van der Waals surface area contributed by atoms with Gasteiger partial charge in [0.25, 0.3) is 5.91 Å². The molecular weight excluding hydrogens is 416 g/mol. The third-order valence-electron chi connectivity index (χ3n) is 6.09. The Hall–Kier alpha value is -3.22. The summed E-state index contributed by atoms with van der Waals surface area (Å²) in [6.45, 7) is 8.98. The van der Waals surface area contributed by atoms with E-state index in [-0.39, 0.29) is 17.7 Å². The van der Waals surface area contributed by atoms with Crippen LogP contribution in [0.15, 0.2) is 59.0 Å². The van der Waals surface area contributed by atoms with Gasteiger partial charge >= 0.3 is 0 Å². The summed E-state index contributed by atoms with van der Waals surface area (Å²) >= 11 is 0. The van der Waals surface area contributed by atoms with E-state index in [0.717, 1.165) is 35.7 Å². The molecule has 1 aliphatic heterocycles. The number of furan rings is 1. The molecule has 172 valence electrons. The minimum Gasteiger partial charge on any atom is -0.465 e. The van der Waals surface area contributed by atoms with Crippen molar-refractivity contribution in [2.45, 2.75) is 26.8 Å². The maximum atomic E-state index is 13.3. The first-order valence-corrected chi connectivity index (χ1v) is 11.3. The van der Waals surface area contributed by atoms with Crippen LogP contribution in [0.3, 0.4) is 0 Å². The first kappa shape index (κ1) is 23.0. The van der Waals surface area contributed by atoms with E-state index in [1.807, 2.05) is 51.1 Å². The van der Waals surface area contributed by atoms with Crippen molar-refractivity contribution in [1.82, 2.24) is 10.2 Å². The SMILES string of the molecule is Cc1ccc(C)c(C(=O)c2ccccc2C(=O)NCC(c2ccc(C)o2)N2CCOCC2)c1. The number of nitrogens with one attached hydrogen (secondary N) is 1. The van der Waals surface area contributed by atoms with Crippen LogP contribution in [0.2, 0.25) is 0 Å². The number of hydrogen-bond donors (Lipinski definition) is 1. The number of benzene rings is 2. The van der Waals surface area contributed by atoms with Crippen LogP contribution in [0.4, 0.5) is 0 Å². The van der Waals surface area contributed by atoms with Crippen molar-refractivity contribution in [2.75, 3.05) is 32.8 Å². The number of hydrogen-bond acceptors (Lipinski definition) is 5. The molecule has 0 saturated carbocycles. The molecule has 0 bridgehead atoms. The number of ether oxygens (including phenoxy) is 1. The zero-order valence-electron chi connectivity index (χ0n) is 19.4. The summed E-state index contributed by atoms with van der Waals surface area (Å²) in [7, 11) is 0. The van der Waals surface area contributed by atoms with Gasteiger partial charge in [0.1, 0.15) is 11.5 Å². The van der Waals surface area contributed by atoms with E-state index in [1.165, 1.54) is 0 Å². The van der Waals surface area contributed by atoms with Crippen LogP contribution >= 0.6 is 0 Å². The van der Waals surface area contributed by atoms with E-state index in [1.54, 1.807) is 24.3 Å². The highest BCUT2D eigenvalue weighted by Gasteiger charge is 2.27. The zero-order chi connectivity index (χ0) is 23.4. The van der Waals surface area contributed by atoms with E-state index in [4.69, 9.17) is 9.15 Å². The highest BCUT2D eigenvalue weighted by Crippen LogP contribution is 2.24. The van der Waals surface area contributed by atoms with Gasteiger partial charge in [-0.3, -0.25) is 14.5 Å². The molecule has 2 aromatic carbocycles. The van der Waals surface area contributed by atoms with Gasteiger partial charge in [-0.2, -0.15) is 0 Å². The third kappa shape index (κ3) is 5.24. The molecule has 0 spiro atoms. The molecule has 2 heterocycles. The van der Waals surface area contributed by atoms with Gasteiger partial charge in [-0.05, 0) is 50.6 Å². The lowest BCUT2D eigenvalue weighted by atomic mass is 9.94. The smallest absolute Gasteiger partial charge is 0.252 e. The summed E-state index contributed by atoms with van der Waals surface area (Å²) in [6.07, 6.45) is 0. The lowest BCUT2D eigenvalue weighted by Crippen LogP contribution is -2.43. The van der Waals surface area contributed by atoms with Crippen LogP contribution in [-0.4, -0.2) is 49.4 Å². The molecule has 6 nitrogen and oxygen atoms in total. The Kier molecular flexibility index (Phi) is 7.06. The summed E-state index contributed by atoms with van der Waals surface area (Å²) < 4.78 is 11.4. The Morgan fingerprint density at radius 2 is 1.67 bits per heavy atom. The highest BCUT2D eigenvalue weighted by atomic mass is 16.5. The second-order valence-electron chi connectivity index (χ2n) is 8.52. The molecule has 1 atom stereocenters. The van der Waals surface area contributed by atoms with Gasteiger partial charge in [0.05, 0.1) is 24.8 Å². The van der Waals surface area contributed by atoms with Crippen molar-refractivity contribution in [2.24, 2.45) is 0 Å². The number of aryl methyl sites for hydroxylation is 3. The minimum absolute atomic E-state index is 0.103. The van der Waals surface area contributed by atoms with Crippen molar-refractivity contribution < 1.29 is 18.7 Å². The van der Waals surface area contributed by atoms with E-state index in [2.05, 4.69) is 10.2 Å². The van der Waals surface area contributed by atoms with Gasteiger partial charge in [-0.1, -0.05) is 35.9 Å². The lowest BCUT2D eigenvalue weighted by Gasteiger charge is -2.33. The molecule has 1 amide bonds. The van der Waals surface area contributed by atoms with Crippen molar-refractivity contribution in [3.05, 3.63) is 93.9 Å². The number of carbonyl (C=O) groups excluding carboxylic acids is 2. The van der Waals surface area contributed by atoms with E-state index >= 15 is 0 Å². The predicted molar refractivity (Wildman–Crippen MR) is 127 cm³/mol. The normalized spacial score (nSPS) is 15.2. The number of carbonyl (C=O) groups is 2. The van der Waals surface area contributed by atoms with Crippen LogP contribution in [-0.2, 0) is 4.74 Å². The Balaban J connectivity index is 1.55. The van der Waals surface area contributed by atoms with Gasteiger partial charge in [0.2, 0.25) is 0 Å². The van der Waals surface area contributed by atoms with Gasteiger partial charge in [-0.25, -0.2) is 0 Å². The monoisotopic (exact) mass is 446 g/mol. The second kappa shape index (κ2) is 10.1. The molecule has 1 unspecified atom stereocenters. The van der Waals surface area contributed by atoms with Crippen LogP contribution in [0.1, 0.15) is 55.0 Å². The molecule has 1 fully saturated rings. The fourth-order valence-electron chi connectivity index (χ4n) is 4.22. The fraction of sp³-hybridized carbons (Fsp3) is 0.333. The summed E-state index contributed by atoms with van der Waals surface area (Å²) in [4.78, 5) is 28.8. The minimum atomic E-state index is -0.272. The molecule has 4 rings (SSSR count). The maximum Gasteiger partial charge on any atom is 0.252 e. The summed E-state index contributed by atoms with van der Waals surface area (Å²) in [5.41, 5.74) is 3.29. The van der Waals surface area contributed by atoms with Crippen LogP contribution in [0, 0.1) is 20.8 Å². The van der Waals surface area contributed by atoms with Crippen molar-refractivity contribution in [3.63, 3.8) is 0 Å². The number of amides is 1. The van der Waals surface area contributed by atoms with Gasteiger partial charge in [0.15, 0.2) is 5.78 Å². The molecule has 1 aliphatic rings. The van der Waals surface area contributed by atoms with Crippen LogP contribution in [0.25, 0.3) is 0 Å². The molecule has 0 radical (unpaired) electrons. The first-order valence-electron chi connectivity index (χ1n) is 11.3. The average Bonchev–Trinajstić information content (AvgIpc) is 3.26. The molecular formula is C27H30N2O4. The van der Waals surface area contributed by atoms with Crippen molar-refractivity contribution >= 4 is 11.7 Å². The number of ketones is 1.